The van der Waals surface area contributed by atoms with E-state index in [0.717, 1.165) is 5.56 Å². The molecule has 2 rings (SSSR count). The first kappa shape index (κ1) is 21.2. The number of carbonyl (C=O) groups is 1. The molecular formula is C20H25N3O5. The summed E-state index contributed by atoms with van der Waals surface area (Å²) in [5, 5.41) is 26.9. The fourth-order valence-electron chi connectivity index (χ4n) is 2.56. The van der Waals surface area contributed by atoms with Crippen LogP contribution < -0.4 is 10.6 Å². The van der Waals surface area contributed by atoms with Gasteiger partial charge >= 0.3 is 0 Å². The van der Waals surface area contributed by atoms with Crippen LogP contribution in [0.4, 0.5) is 17.1 Å². The number of phenols is 1. The lowest BCUT2D eigenvalue weighted by Gasteiger charge is -2.20. The number of ether oxygens (including phenoxy) is 1. The molecule has 8 heteroatoms. The minimum Gasteiger partial charge on any atom is -0.506 e. The fraction of sp³-hybridized carbons (Fsp3) is 0.350. The maximum atomic E-state index is 12.6. The second-order valence-electron chi connectivity index (χ2n) is 7.34. The Morgan fingerprint density at radius 3 is 2.50 bits per heavy atom. The highest BCUT2D eigenvalue weighted by molar-refractivity contribution is 6.05. The second-order valence-corrected chi connectivity index (χ2v) is 7.34. The summed E-state index contributed by atoms with van der Waals surface area (Å²) in [5.41, 5.74) is 1.23. The topological polar surface area (TPSA) is 114 Å². The summed E-state index contributed by atoms with van der Waals surface area (Å²) in [6, 6.07) is 9.17. The van der Waals surface area contributed by atoms with Crippen LogP contribution in [0.15, 0.2) is 36.4 Å². The Morgan fingerprint density at radius 2 is 1.89 bits per heavy atom. The number of benzene rings is 2. The number of rotatable bonds is 7. The molecule has 0 aliphatic rings. The minimum absolute atomic E-state index is 0.0753. The molecule has 8 nitrogen and oxygen atoms in total. The van der Waals surface area contributed by atoms with Gasteiger partial charge in [0.05, 0.1) is 17.2 Å². The summed E-state index contributed by atoms with van der Waals surface area (Å²) in [4.78, 5) is 23.4. The van der Waals surface area contributed by atoms with Crippen LogP contribution in [0, 0.1) is 10.1 Å². The summed E-state index contributed by atoms with van der Waals surface area (Å²) in [7, 11) is 1.54. The van der Waals surface area contributed by atoms with Gasteiger partial charge in [0.1, 0.15) is 11.4 Å². The molecule has 0 aromatic heterocycles. The van der Waals surface area contributed by atoms with E-state index in [2.05, 4.69) is 10.6 Å². The number of nitrogens with zero attached hydrogens (tertiary/aromatic N) is 1. The highest BCUT2D eigenvalue weighted by atomic mass is 16.6. The van der Waals surface area contributed by atoms with Gasteiger partial charge in [0.25, 0.3) is 11.6 Å². The van der Waals surface area contributed by atoms with E-state index in [1.165, 1.54) is 31.4 Å². The summed E-state index contributed by atoms with van der Waals surface area (Å²) >= 11 is 0. The predicted octanol–water partition coefficient (Wildman–Crippen LogP) is 3.91. The number of nitrogens with one attached hydrogen (secondary N) is 2. The highest BCUT2D eigenvalue weighted by Gasteiger charge is 2.20. The van der Waals surface area contributed by atoms with Crippen LogP contribution in [0.2, 0.25) is 0 Å². The van der Waals surface area contributed by atoms with E-state index in [1.54, 1.807) is 12.1 Å². The van der Waals surface area contributed by atoms with E-state index in [4.69, 9.17) is 4.74 Å². The van der Waals surface area contributed by atoms with E-state index >= 15 is 0 Å². The third kappa shape index (κ3) is 5.20. The van der Waals surface area contributed by atoms with Crippen molar-refractivity contribution >= 4 is 23.0 Å². The van der Waals surface area contributed by atoms with Gasteiger partial charge in [-0.25, -0.2) is 0 Å². The van der Waals surface area contributed by atoms with Gasteiger partial charge in [0.2, 0.25) is 0 Å². The van der Waals surface area contributed by atoms with E-state index < -0.39 is 10.8 Å². The lowest BCUT2D eigenvalue weighted by Crippen LogP contribution is -2.15. The number of phenolic OH excluding ortho intramolecular Hbond substituents is 1. The Hall–Kier alpha value is -3.13. The van der Waals surface area contributed by atoms with Gasteiger partial charge in [-0.2, -0.15) is 0 Å². The van der Waals surface area contributed by atoms with Gasteiger partial charge in [0, 0.05) is 25.3 Å². The zero-order valence-corrected chi connectivity index (χ0v) is 16.4. The van der Waals surface area contributed by atoms with Crippen molar-refractivity contribution in [1.82, 2.24) is 0 Å². The molecule has 1 amide bonds. The average Bonchev–Trinajstić information content (AvgIpc) is 2.62. The number of nitro benzene ring substituents is 1. The number of hydrogen-bond acceptors (Lipinski definition) is 6. The molecule has 28 heavy (non-hydrogen) atoms. The van der Waals surface area contributed by atoms with Crippen molar-refractivity contribution in [1.29, 1.82) is 0 Å². The molecule has 0 fully saturated rings. The van der Waals surface area contributed by atoms with Gasteiger partial charge in [0.15, 0.2) is 0 Å². The maximum Gasteiger partial charge on any atom is 0.293 e. The van der Waals surface area contributed by atoms with Gasteiger partial charge in [-0.15, -0.1) is 0 Å². The Balaban J connectivity index is 2.27. The summed E-state index contributed by atoms with van der Waals surface area (Å²) in [5.74, 6) is -0.624. The lowest BCUT2D eigenvalue weighted by molar-refractivity contribution is -0.384. The smallest absolute Gasteiger partial charge is 0.293 e. The normalized spacial score (nSPS) is 11.1. The number of aromatic hydroxyl groups is 1. The number of nitro groups is 1. The van der Waals surface area contributed by atoms with E-state index in [-0.39, 0.29) is 28.1 Å². The number of hydrogen-bond donors (Lipinski definition) is 3. The molecule has 2 aromatic carbocycles. The van der Waals surface area contributed by atoms with Crippen molar-refractivity contribution in [2.24, 2.45) is 0 Å². The van der Waals surface area contributed by atoms with Crippen LogP contribution >= 0.6 is 0 Å². The molecule has 0 spiro atoms. The van der Waals surface area contributed by atoms with Crippen molar-refractivity contribution in [3.8, 4) is 5.75 Å². The van der Waals surface area contributed by atoms with E-state index in [0.29, 0.717) is 18.8 Å². The average molecular weight is 387 g/mol. The summed E-state index contributed by atoms with van der Waals surface area (Å²) in [6.45, 7) is 6.84. The van der Waals surface area contributed by atoms with Crippen LogP contribution in [0.25, 0.3) is 0 Å². The Bertz CT molecular complexity index is 875. The molecule has 0 aliphatic heterocycles. The van der Waals surface area contributed by atoms with Gasteiger partial charge in [-0.05, 0) is 35.2 Å². The zero-order chi connectivity index (χ0) is 20.9. The number of anilines is 2. The maximum absolute atomic E-state index is 12.6. The van der Waals surface area contributed by atoms with Crippen molar-refractivity contribution < 1.29 is 19.6 Å². The van der Waals surface area contributed by atoms with E-state index in [1.807, 2.05) is 20.8 Å². The number of amides is 1. The molecule has 0 radical (unpaired) electrons. The molecule has 3 N–H and O–H groups in total. The summed E-state index contributed by atoms with van der Waals surface area (Å²) < 4.78 is 4.92. The third-order valence-electron chi connectivity index (χ3n) is 4.19. The largest absolute Gasteiger partial charge is 0.506 e. The Morgan fingerprint density at radius 1 is 1.18 bits per heavy atom. The lowest BCUT2D eigenvalue weighted by atomic mass is 9.87. The quantitative estimate of drug-likeness (QED) is 0.287. The minimum atomic E-state index is -0.552. The van der Waals surface area contributed by atoms with Gasteiger partial charge in [-0.1, -0.05) is 26.8 Å². The zero-order valence-electron chi connectivity index (χ0n) is 16.4. The molecule has 0 saturated carbocycles. The van der Waals surface area contributed by atoms with Crippen LogP contribution in [0.5, 0.6) is 5.75 Å². The Kier molecular flexibility index (Phi) is 6.58. The molecule has 0 heterocycles. The first-order valence-electron chi connectivity index (χ1n) is 8.79. The van der Waals surface area contributed by atoms with Crippen LogP contribution in [0.1, 0.15) is 36.7 Å². The van der Waals surface area contributed by atoms with Crippen molar-refractivity contribution in [3.05, 3.63) is 57.6 Å². The van der Waals surface area contributed by atoms with Gasteiger partial charge in [-0.3, -0.25) is 14.9 Å². The van der Waals surface area contributed by atoms with Gasteiger partial charge < -0.3 is 20.5 Å². The first-order valence-corrected chi connectivity index (χ1v) is 8.79. The van der Waals surface area contributed by atoms with Crippen molar-refractivity contribution in [2.75, 3.05) is 30.9 Å². The highest BCUT2D eigenvalue weighted by Crippen LogP contribution is 2.31. The van der Waals surface area contributed by atoms with Crippen LogP contribution in [0.3, 0.4) is 0 Å². The first-order chi connectivity index (χ1) is 13.1. The van der Waals surface area contributed by atoms with Crippen molar-refractivity contribution in [3.63, 3.8) is 0 Å². The predicted molar refractivity (Wildman–Crippen MR) is 108 cm³/mol. The molecule has 0 bridgehead atoms. The third-order valence-corrected chi connectivity index (χ3v) is 4.19. The number of carbonyl (C=O) groups excluding carboxylic acids is 1. The monoisotopic (exact) mass is 387 g/mol. The van der Waals surface area contributed by atoms with Crippen LogP contribution in [-0.4, -0.2) is 36.2 Å². The molecule has 0 aliphatic carbocycles. The van der Waals surface area contributed by atoms with Crippen molar-refractivity contribution in [2.45, 2.75) is 26.2 Å². The molecule has 0 unspecified atom stereocenters. The molecular weight excluding hydrogens is 362 g/mol. The second kappa shape index (κ2) is 8.71. The summed E-state index contributed by atoms with van der Waals surface area (Å²) in [6.07, 6.45) is 0. The number of methoxy groups -OCH3 is 1. The SMILES string of the molecule is COCCNc1ccc(C(=O)Nc2cc(C(C)(C)C)ccc2O)cc1[N+](=O)[O-]. The standard InChI is InChI=1S/C20H25N3O5/c1-20(2,3)14-6-8-18(24)16(12-14)22-19(25)13-5-7-15(21-9-10-28-4)17(11-13)23(26)27/h5-8,11-12,21,24H,9-10H2,1-4H3,(H,22,25). The van der Waals surface area contributed by atoms with E-state index in [9.17, 15) is 20.0 Å². The molecule has 150 valence electrons. The Labute approximate surface area is 163 Å². The molecule has 0 atom stereocenters. The molecule has 0 saturated heterocycles. The fourth-order valence-corrected chi connectivity index (χ4v) is 2.56. The molecule has 2 aromatic rings. The van der Waals surface area contributed by atoms with Crippen LogP contribution in [-0.2, 0) is 10.2 Å².